The van der Waals surface area contributed by atoms with E-state index in [1.807, 2.05) is 0 Å². The smallest absolute Gasteiger partial charge is 0.414 e. The zero-order valence-electron chi connectivity index (χ0n) is 14.3. The van der Waals surface area contributed by atoms with Gasteiger partial charge in [0.1, 0.15) is 6.61 Å². The highest BCUT2D eigenvalue weighted by Gasteiger charge is 2.26. The van der Waals surface area contributed by atoms with Gasteiger partial charge in [0.05, 0.1) is 24.2 Å². The molecule has 0 aliphatic carbocycles. The molecule has 0 atom stereocenters. The number of ether oxygens (including phenoxy) is 1. The second-order valence-electron chi connectivity index (χ2n) is 5.82. The molecule has 138 valence electrons. The maximum absolute atomic E-state index is 12.3. The first-order valence-corrected chi connectivity index (χ1v) is 8.40. The van der Waals surface area contributed by atoms with Gasteiger partial charge in [-0.2, -0.15) is 4.98 Å². The minimum absolute atomic E-state index is 0.151. The summed E-state index contributed by atoms with van der Waals surface area (Å²) in [5.74, 6) is 0.954. The average molecular weight is 368 g/mol. The van der Waals surface area contributed by atoms with E-state index in [1.165, 1.54) is 11.2 Å². The van der Waals surface area contributed by atoms with Crippen molar-refractivity contribution in [2.75, 3.05) is 23.4 Å². The van der Waals surface area contributed by atoms with Crippen molar-refractivity contribution < 1.29 is 23.3 Å². The van der Waals surface area contributed by atoms with E-state index >= 15 is 0 Å². The Labute approximate surface area is 153 Å². The minimum Gasteiger partial charge on any atom is -0.461 e. The maximum atomic E-state index is 12.3. The molecule has 0 bridgehead atoms. The van der Waals surface area contributed by atoms with E-state index in [0.29, 0.717) is 42.0 Å². The van der Waals surface area contributed by atoms with Crippen LogP contribution in [0.15, 0.2) is 51.6 Å². The van der Waals surface area contributed by atoms with Crippen molar-refractivity contribution in [3.63, 3.8) is 0 Å². The Morgan fingerprint density at radius 3 is 2.89 bits per heavy atom. The zero-order chi connectivity index (χ0) is 18.6. The van der Waals surface area contributed by atoms with E-state index in [9.17, 15) is 9.59 Å². The number of nitrogens with zero attached hydrogens (tertiary/aromatic N) is 3. The van der Waals surface area contributed by atoms with Gasteiger partial charge in [-0.15, -0.1) is 0 Å². The number of anilines is 2. The Hall–Kier alpha value is -3.62. The highest BCUT2D eigenvalue weighted by molar-refractivity contribution is 5.99. The third kappa shape index (κ3) is 3.66. The minimum atomic E-state index is -0.423. The van der Waals surface area contributed by atoms with E-state index in [1.54, 1.807) is 36.4 Å². The van der Waals surface area contributed by atoms with Crippen LogP contribution in [0.2, 0.25) is 0 Å². The number of amides is 2. The SMILES string of the molecule is O=C(CCc1nc(-c2ccco2)no1)Nc1ccccc1N1CCOC1=O. The van der Waals surface area contributed by atoms with Gasteiger partial charge in [-0.1, -0.05) is 17.3 Å². The molecule has 3 heterocycles. The van der Waals surface area contributed by atoms with Crippen molar-refractivity contribution >= 4 is 23.4 Å². The number of aryl methyl sites for hydroxylation is 1. The molecule has 1 aliphatic heterocycles. The quantitative estimate of drug-likeness (QED) is 0.712. The first kappa shape index (κ1) is 16.8. The maximum Gasteiger partial charge on any atom is 0.414 e. The zero-order valence-corrected chi connectivity index (χ0v) is 14.3. The average Bonchev–Trinajstić information content (AvgIpc) is 3.42. The van der Waals surface area contributed by atoms with E-state index < -0.39 is 6.09 Å². The number of carbonyl (C=O) groups excluding carboxylic acids is 2. The van der Waals surface area contributed by atoms with Gasteiger partial charge >= 0.3 is 6.09 Å². The predicted molar refractivity (Wildman–Crippen MR) is 94.1 cm³/mol. The number of aromatic nitrogens is 2. The normalized spacial score (nSPS) is 13.6. The molecule has 1 aliphatic rings. The van der Waals surface area contributed by atoms with Crippen molar-refractivity contribution in [3.05, 3.63) is 48.6 Å². The number of cyclic esters (lactones) is 1. The van der Waals surface area contributed by atoms with Crippen molar-refractivity contribution in [3.8, 4) is 11.6 Å². The third-order valence-electron chi connectivity index (χ3n) is 4.01. The predicted octanol–water partition coefficient (Wildman–Crippen LogP) is 2.86. The van der Waals surface area contributed by atoms with Crippen LogP contribution in [0.3, 0.4) is 0 Å². The summed E-state index contributed by atoms with van der Waals surface area (Å²) in [6, 6.07) is 10.5. The fourth-order valence-corrected chi connectivity index (χ4v) is 2.72. The summed E-state index contributed by atoms with van der Waals surface area (Å²) in [5, 5.41) is 6.64. The lowest BCUT2D eigenvalue weighted by Crippen LogP contribution is -2.25. The van der Waals surface area contributed by atoms with Gasteiger partial charge in [0, 0.05) is 12.8 Å². The number of para-hydroxylation sites is 2. The summed E-state index contributed by atoms with van der Waals surface area (Å²) in [6.07, 6.45) is 1.53. The summed E-state index contributed by atoms with van der Waals surface area (Å²) in [7, 11) is 0. The molecule has 1 saturated heterocycles. The summed E-state index contributed by atoms with van der Waals surface area (Å²) in [5.41, 5.74) is 1.15. The Kier molecular flexibility index (Phi) is 4.56. The van der Waals surface area contributed by atoms with Crippen LogP contribution in [0.5, 0.6) is 0 Å². The molecule has 2 amide bonds. The second-order valence-corrected chi connectivity index (χ2v) is 5.82. The molecule has 4 rings (SSSR count). The number of hydrogen-bond donors (Lipinski definition) is 1. The lowest BCUT2D eigenvalue weighted by atomic mass is 10.2. The van der Waals surface area contributed by atoms with Crippen molar-refractivity contribution in [2.45, 2.75) is 12.8 Å². The van der Waals surface area contributed by atoms with Crippen molar-refractivity contribution in [1.82, 2.24) is 10.1 Å². The van der Waals surface area contributed by atoms with Crippen LogP contribution in [0.1, 0.15) is 12.3 Å². The van der Waals surface area contributed by atoms with Crippen LogP contribution in [-0.2, 0) is 16.0 Å². The monoisotopic (exact) mass is 368 g/mol. The van der Waals surface area contributed by atoms with Gasteiger partial charge in [0.25, 0.3) is 0 Å². The number of nitrogens with one attached hydrogen (secondary N) is 1. The van der Waals surface area contributed by atoms with Crippen LogP contribution < -0.4 is 10.2 Å². The lowest BCUT2D eigenvalue weighted by Gasteiger charge is -2.17. The molecular weight excluding hydrogens is 352 g/mol. The molecule has 0 radical (unpaired) electrons. The number of benzene rings is 1. The van der Waals surface area contributed by atoms with E-state index in [4.69, 9.17) is 13.7 Å². The number of hydrogen-bond acceptors (Lipinski definition) is 7. The highest BCUT2D eigenvalue weighted by atomic mass is 16.6. The summed E-state index contributed by atoms with van der Waals surface area (Å²) < 4.78 is 15.3. The molecule has 27 heavy (non-hydrogen) atoms. The molecule has 9 heteroatoms. The lowest BCUT2D eigenvalue weighted by molar-refractivity contribution is -0.116. The van der Waals surface area contributed by atoms with Gasteiger partial charge in [0.2, 0.25) is 17.6 Å². The largest absolute Gasteiger partial charge is 0.461 e. The van der Waals surface area contributed by atoms with Crippen LogP contribution in [0.25, 0.3) is 11.6 Å². The van der Waals surface area contributed by atoms with Crippen molar-refractivity contribution in [1.29, 1.82) is 0 Å². The fourth-order valence-electron chi connectivity index (χ4n) is 2.72. The fraction of sp³-hybridized carbons (Fsp3) is 0.222. The van der Waals surface area contributed by atoms with Crippen molar-refractivity contribution in [2.24, 2.45) is 0 Å². The molecule has 0 spiro atoms. The number of rotatable bonds is 6. The molecule has 1 fully saturated rings. The second kappa shape index (κ2) is 7.32. The molecule has 1 aromatic carbocycles. The molecule has 0 saturated carbocycles. The third-order valence-corrected chi connectivity index (χ3v) is 4.01. The Balaban J connectivity index is 1.38. The number of furan rings is 1. The van der Waals surface area contributed by atoms with Gasteiger partial charge in [-0.3, -0.25) is 9.69 Å². The van der Waals surface area contributed by atoms with Crippen LogP contribution >= 0.6 is 0 Å². The molecule has 1 N–H and O–H groups in total. The Morgan fingerprint density at radius 2 is 2.11 bits per heavy atom. The highest BCUT2D eigenvalue weighted by Crippen LogP contribution is 2.28. The van der Waals surface area contributed by atoms with E-state index in [0.717, 1.165) is 0 Å². The van der Waals surface area contributed by atoms with Gasteiger partial charge in [0.15, 0.2) is 5.76 Å². The van der Waals surface area contributed by atoms with Gasteiger partial charge < -0.3 is 19.0 Å². The van der Waals surface area contributed by atoms with Crippen LogP contribution in [0.4, 0.5) is 16.2 Å². The summed E-state index contributed by atoms with van der Waals surface area (Å²) in [6.45, 7) is 0.777. The van der Waals surface area contributed by atoms with Gasteiger partial charge in [-0.25, -0.2) is 4.79 Å². The molecule has 3 aromatic rings. The standard InChI is InChI=1S/C18H16N4O5/c23-15(7-8-16-20-17(21-27-16)14-6-3-10-25-14)19-12-4-1-2-5-13(12)22-9-11-26-18(22)24/h1-6,10H,7-9,11H2,(H,19,23). The first-order chi connectivity index (χ1) is 13.2. The Morgan fingerprint density at radius 1 is 1.22 bits per heavy atom. The van der Waals surface area contributed by atoms with E-state index in [-0.39, 0.29) is 18.7 Å². The van der Waals surface area contributed by atoms with Crippen LogP contribution in [0, 0.1) is 0 Å². The molecule has 9 nitrogen and oxygen atoms in total. The van der Waals surface area contributed by atoms with E-state index in [2.05, 4.69) is 15.5 Å². The molecular formula is C18H16N4O5. The summed E-state index contributed by atoms with van der Waals surface area (Å²) in [4.78, 5) is 29.8. The molecule has 0 unspecified atom stereocenters. The molecule has 2 aromatic heterocycles. The number of carbonyl (C=O) groups is 2. The van der Waals surface area contributed by atoms with Gasteiger partial charge in [-0.05, 0) is 24.3 Å². The first-order valence-electron chi connectivity index (χ1n) is 8.40. The van der Waals surface area contributed by atoms with Crippen LogP contribution in [-0.4, -0.2) is 35.3 Å². The summed E-state index contributed by atoms with van der Waals surface area (Å²) >= 11 is 0. The Bertz CT molecular complexity index is 950. The topological polar surface area (TPSA) is 111 Å².